The summed E-state index contributed by atoms with van der Waals surface area (Å²) in [6.45, 7) is 3.31. The molecule has 2 aliphatic rings. The molecule has 2 atom stereocenters. The highest BCUT2D eigenvalue weighted by Crippen LogP contribution is 2.36. The lowest BCUT2D eigenvalue weighted by molar-refractivity contribution is -0.274. The molecule has 2 saturated heterocycles. The van der Waals surface area contributed by atoms with Gasteiger partial charge in [0.25, 0.3) is 0 Å². The molecule has 2 fully saturated rings. The number of aromatic nitrogens is 2. The van der Waals surface area contributed by atoms with Crippen molar-refractivity contribution in [2.24, 2.45) is 0 Å². The van der Waals surface area contributed by atoms with E-state index in [1.54, 1.807) is 17.0 Å². The summed E-state index contributed by atoms with van der Waals surface area (Å²) in [5, 5.41) is 9.95. The normalized spacial score (nSPS) is 19.5. The number of halogens is 5. The van der Waals surface area contributed by atoms with E-state index in [-0.39, 0.29) is 40.8 Å². The smallest absolute Gasteiger partial charge is 0.493 e. The molecule has 40 heavy (non-hydrogen) atoms. The molecular formula is C27H25ClF4N4O4. The Morgan fingerprint density at radius 3 is 2.40 bits per heavy atom. The maximum atomic E-state index is 13.3. The van der Waals surface area contributed by atoms with Crippen molar-refractivity contribution in [2.45, 2.75) is 44.8 Å². The zero-order chi connectivity index (χ0) is 28.8. The number of aromatic amines is 1. The molecular weight excluding hydrogens is 556 g/mol. The summed E-state index contributed by atoms with van der Waals surface area (Å²) in [6.07, 6.45) is -0.932. The van der Waals surface area contributed by atoms with Crippen molar-refractivity contribution in [1.29, 1.82) is 0 Å². The third-order valence-corrected chi connectivity index (χ3v) is 7.43. The maximum absolute atomic E-state index is 13.3. The van der Waals surface area contributed by atoms with Crippen molar-refractivity contribution in [3.05, 3.63) is 80.6 Å². The van der Waals surface area contributed by atoms with Gasteiger partial charge >= 0.3 is 12.1 Å². The summed E-state index contributed by atoms with van der Waals surface area (Å²) in [7, 11) is 0. The van der Waals surface area contributed by atoms with E-state index in [1.165, 1.54) is 31.2 Å². The fourth-order valence-electron chi connectivity index (χ4n) is 5.42. The highest BCUT2D eigenvalue weighted by molar-refractivity contribution is 6.32. The second-order valence-corrected chi connectivity index (χ2v) is 10.3. The van der Waals surface area contributed by atoms with Gasteiger partial charge in [0.1, 0.15) is 11.6 Å². The Hall–Kier alpha value is -3.77. The van der Waals surface area contributed by atoms with Crippen LogP contribution < -0.4 is 10.4 Å². The van der Waals surface area contributed by atoms with Gasteiger partial charge in [-0.05, 0) is 55.7 Å². The Kier molecular flexibility index (Phi) is 7.40. The predicted molar refractivity (Wildman–Crippen MR) is 139 cm³/mol. The van der Waals surface area contributed by atoms with Gasteiger partial charge in [-0.1, -0.05) is 23.7 Å². The van der Waals surface area contributed by atoms with E-state index in [1.807, 2.05) is 0 Å². The Morgan fingerprint density at radius 1 is 1.18 bits per heavy atom. The van der Waals surface area contributed by atoms with Gasteiger partial charge in [-0.3, -0.25) is 9.69 Å². The first kappa shape index (κ1) is 27.8. The molecule has 0 radical (unpaired) electrons. The molecule has 1 amide bonds. The number of fused-ring (bicyclic) bond motifs is 2. The van der Waals surface area contributed by atoms with Gasteiger partial charge in [-0.25, -0.2) is 13.8 Å². The predicted octanol–water partition coefficient (Wildman–Crippen LogP) is 4.76. The quantitative estimate of drug-likeness (QED) is 0.324. The standard InChI is InChI=1S/C27H25ClF4N4O4/c1-15-25(38)36(26(39)33-15)22-11-21(28)23(40-27(30,31)32)10-17(22)4-9-24(37)35-19-7-8-20(35)14-34(13-19)12-16-2-5-18(29)6-3-16/h2-6,9-11,19-20,38H,7-8,12-14H2,1H3,(H,33,39). The highest BCUT2D eigenvalue weighted by atomic mass is 35.5. The number of amides is 1. The van der Waals surface area contributed by atoms with Gasteiger partial charge in [0.15, 0.2) is 0 Å². The van der Waals surface area contributed by atoms with Crippen LogP contribution in [0, 0.1) is 12.7 Å². The summed E-state index contributed by atoms with van der Waals surface area (Å²) in [5.41, 5.74) is 0.314. The molecule has 5 rings (SSSR count). The van der Waals surface area contributed by atoms with Crippen LogP contribution in [0.15, 0.2) is 47.3 Å². The first-order chi connectivity index (χ1) is 18.9. The molecule has 13 heteroatoms. The number of hydrogen-bond acceptors (Lipinski definition) is 5. The summed E-state index contributed by atoms with van der Waals surface area (Å²) in [5.74, 6) is -1.82. The van der Waals surface area contributed by atoms with E-state index >= 15 is 0 Å². The van der Waals surface area contributed by atoms with Crippen LogP contribution in [0.1, 0.15) is 29.7 Å². The number of H-pyrrole nitrogens is 1. The SMILES string of the molecule is Cc1[nH]c(=O)n(-c2cc(Cl)c(OC(F)(F)F)cc2C=CC(=O)N2C3CCC2CN(Cc2ccc(F)cc2)C3)c1O. The minimum atomic E-state index is -5.03. The largest absolute Gasteiger partial charge is 0.573 e. The lowest BCUT2D eigenvalue weighted by atomic mass is 10.1. The molecule has 3 heterocycles. The zero-order valence-electron chi connectivity index (χ0n) is 21.2. The van der Waals surface area contributed by atoms with Crippen molar-refractivity contribution in [3.63, 3.8) is 0 Å². The third kappa shape index (κ3) is 5.73. The number of nitrogens with one attached hydrogen (secondary N) is 1. The van der Waals surface area contributed by atoms with Crippen LogP contribution in [0.2, 0.25) is 5.02 Å². The number of alkyl halides is 3. The summed E-state index contributed by atoms with van der Waals surface area (Å²) in [4.78, 5) is 32.2. The summed E-state index contributed by atoms with van der Waals surface area (Å²) in [6, 6.07) is 8.16. The number of rotatable bonds is 6. The number of aromatic hydroxyl groups is 1. The van der Waals surface area contributed by atoms with E-state index in [0.29, 0.717) is 19.6 Å². The number of likely N-dealkylation sites (tertiary alicyclic amines) is 1. The summed E-state index contributed by atoms with van der Waals surface area (Å²) < 4.78 is 57.0. The first-order valence-corrected chi connectivity index (χ1v) is 12.8. The number of carbonyl (C=O) groups excluding carboxylic acids is 1. The fourth-order valence-corrected chi connectivity index (χ4v) is 5.62. The minimum absolute atomic E-state index is 0.00399. The van der Waals surface area contributed by atoms with Crippen LogP contribution in [-0.4, -0.2) is 61.9 Å². The second kappa shape index (κ2) is 10.7. The van der Waals surface area contributed by atoms with E-state index < -0.39 is 28.7 Å². The molecule has 8 nitrogen and oxygen atoms in total. The number of benzene rings is 2. The Bertz CT molecular complexity index is 1500. The van der Waals surface area contributed by atoms with Crippen LogP contribution in [0.5, 0.6) is 11.6 Å². The summed E-state index contributed by atoms with van der Waals surface area (Å²) >= 11 is 6.02. The Balaban J connectivity index is 1.40. The molecule has 2 aromatic carbocycles. The lowest BCUT2D eigenvalue weighted by Crippen LogP contribution is -2.55. The number of ether oxygens (including phenoxy) is 1. The average molecular weight is 581 g/mol. The van der Waals surface area contributed by atoms with Crippen molar-refractivity contribution in [3.8, 4) is 17.3 Å². The van der Waals surface area contributed by atoms with Gasteiger partial charge in [0, 0.05) is 43.4 Å². The monoisotopic (exact) mass is 580 g/mol. The molecule has 0 spiro atoms. The highest BCUT2D eigenvalue weighted by Gasteiger charge is 2.41. The van der Waals surface area contributed by atoms with Gasteiger partial charge < -0.3 is 19.7 Å². The van der Waals surface area contributed by atoms with Crippen molar-refractivity contribution < 1.29 is 32.2 Å². The van der Waals surface area contributed by atoms with Gasteiger partial charge in [0.2, 0.25) is 11.8 Å². The maximum Gasteiger partial charge on any atom is 0.573 e. The van der Waals surface area contributed by atoms with E-state index in [2.05, 4.69) is 14.6 Å². The fraction of sp³-hybridized carbons (Fsp3) is 0.333. The number of piperazine rings is 1. The lowest BCUT2D eigenvalue weighted by Gasteiger charge is -2.40. The molecule has 2 unspecified atom stereocenters. The van der Waals surface area contributed by atoms with E-state index in [4.69, 9.17) is 11.6 Å². The molecule has 2 bridgehead atoms. The second-order valence-electron chi connectivity index (χ2n) is 9.89. The topological polar surface area (TPSA) is 90.8 Å². The zero-order valence-corrected chi connectivity index (χ0v) is 22.0. The molecule has 3 aromatic rings. The van der Waals surface area contributed by atoms with Crippen molar-refractivity contribution in [1.82, 2.24) is 19.4 Å². The van der Waals surface area contributed by atoms with Gasteiger partial charge in [0.05, 0.1) is 16.4 Å². The van der Waals surface area contributed by atoms with Crippen molar-refractivity contribution >= 4 is 23.6 Å². The van der Waals surface area contributed by atoms with Crippen LogP contribution in [-0.2, 0) is 11.3 Å². The first-order valence-electron chi connectivity index (χ1n) is 12.5. The van der Waals surface area contributed by atoms with E-state index in [0.717, 1.165) is 35.1 Å². The number of imidazole rings is 1. The minimum Gasteiger partial charge on any atom is -0.493 e. The number of hydrogen-bond donors (Lipinski definition) is 2. The van der Waals surface area contributed by atoms with Crippen molar-refractivity contribution in [2.75, 3.05) is 13.1 Å². The Labute approximate surface area is 231 Å². The van der Waals surface area contributed by atoms with Crippen LogP contribution >= 0.6 is 11.6 Å². The van der Waals surface area contributed by atoms with Crippen LogP contribution in [0.4, 0.5) is 17.6 Å². The number of aryl methyl sites for hydroxylation is 1. The van der Waals surface area contributed by atoms with Crippen LogP contribution in [0.3, 0.4) is 0 Å². The molecule has 0 saturated carbocycles. The molecule has 1 aromatic heterocycles. The van der Waals surface area contributed by atoms with Gasteiger partial charge in [-0.2, -0.15) is 0 Å². The average Bonchev–Trinajstić information content (AvgIpc) is 3.29. The molecule has 0 aliphatic carbocycles. The van der Waals surface area contributed by atoms with Crippen LogP contribution in [0.25, 0.3) is 11.8 Å². The third-order valence-electron chi connectivity index (χ3n) is 7.13. The molecule has 212 valence electrons. The number of nitrogens with zero attached hydrogens (tertiary/aromatic N) is 3. The number of carbonyl (C=O) groups is 1. The van der Waals surface area contributed by atoms with Gasteiger partial charge in [-0.15, -0.1) is 13.2 Å². The molecule has 2 aliphatic heterocycles. The molecule has 2 N–H and O–H groups in total. The Morgan fingerprint density at radius 2 is 1.82 bits per heavy atom. The van der Waals surface area contributed by atoms with E-state index in [9.17, 15) is 32.3 Å².